The van der Waals surface area contributed by atoms with Crippen LogP contribution in [0, 0.1) is 6.92 Å². The molecule has 5 nitrogen and oxygen atoms in total. The van der Waals surface area contributed by atoms with Crippen molar-refractivity contribution in [1.82, 2.24) is 4.98 Å². The van der Waals surface area contributed by atoms with Crippen molar-refractivity contribution in [3.8, 4) is 5.75 Å². The van der Waals surface area contributed by atoms with Gasteiger partial charge in [-0.3, -0.25) is 4.79 Å². The molecule has 0 bridgehead atoms. The van der Waals surface area contributed by atoms with Crippen molar-refractivity contribution < 1.29 is 9.90 Å². The number of nitrogen functional groups attached to an aromatic ring is 1. The third-order valence-corrected chi connectivity index (χ3v) is 3.02. The van der Waals surface area contributed by atoms with Gasteiger partial charge in [0.1, 0.15) is 10.4 Å². The number of pyridine rings is 1. The van der Waals surface area contributed by atoms with Crippen molar-refractivity contribution in [1.29, 1.82) is 0 Å². The minimum atomic E-state index is -0.388. The molecule has 98 valence electrons. The van der Waals surface area contributed by atoms with E-state index in [9.17, 15) is 9.90 Å². The van der Waals surface area contributed by atoms with Crippen molar-refractivity contribution in [3.05, 3.63) is 46.2 Å². The molecule has 0 saturated carbocycles. The fourth-order valence-corrected chi connectivity index (χ4v) is 1.99. The Bertz CT molecular complexity index is 644. The molecule has 1 amide bonds. The summed E-state index contributed by atoms with van der Waals surface area (Å²) in [5.41, 5.74) is 7.51. The van der Waals surface area contributed by atoms with Crippen LogP contribution in [0.3, 0.4) is 0 Å². The predicted molar refractivity (Wildman–Crippen MR) is 77.1 cm³/mol. The maximum Gasteiger partial charge on any atom is 0.257 e. The number of halogens is 1. The van der Waals surface area contributed by atoms with Crippen molar-refractivity contribution in [2.75, 3.05) is 11.1 Å². The third-order valence-electron chi connectivity index (χ3n) is 2.58. The van der Waals surface area contributed by atoms with Gasteiger partial charge < -0.3 is 16.2 Å². The molecule has 0 aliphatic carbocycles. The zero-order chi connectivity index (χ0) is 14.0. The zero-order valence-electron chi connectivity index (χ0n) is 10.1. The second-order valence-corrected chi connectivity index (χ2v) is 4.81. The Morgan fingerprint density at radius 3 is 2.79 bits per heavy atom. The molecule has 0 aliphatic rings. The molecule has 0 unspecified atom stereocenters. The first-order valence-corrected chi connectivity index (χ1v) is 6.29. The van der Waals surface area contributed by atoms with Crippen molar-refractivity contribution in [2.45, 2.75) is 6.92 Å². The van der Waals surface area contributed by atoms with Crippen LogP contribution < -0.4 is 11.1 Å². The maximum atomic E-state index is 12.1. The van der Waals surface area contributed by atoms with E-state index in [4.69, 9.17) is 5.73 Å². The smallest absolute Gasteiger partial charge is 0.257 e. The number of phenols is 1. The van der Waals surface area contributed by atoms with E-state index in [1.807, 2.05) is 0 Å². The van der Waals surface area contributed by atoms with Crippen LogP contribution in [-0.4, -0.2) is 16.0 Å². The molecule has 1 aromatic carbocycles. The van der Waals surface area contributed by atoms with E-state index in [0.29, 0.717) is 21.7 Å². The summed E-state index contributed by atoms with van der Waals surface area (Å²) < 4.78 is 0.694. The monoisotopic (exact) mass is 321 g/mol. The first-order valence-electron chi connectivity index (χ1n) is 5.50. The first kappa shape index (κ1) is 13.4. The number of nitrogens with two attached hydrogens (primary N) is 1. The van der Waals surface area contributed by atoms with Crippen LogP contribution in [0.2, 0.25) is 0 Å². The van der Waals surface area contributed by atoms with E-state index in [-0.39, 0.29) is 17.2 Å². The van der Waals surface area contributed by atoms with Crippen molar-refractivity contribution in [3.63, 3.8) is 0 Å². The first-order chi connectivity index (χ1) is 8.97. The highest BCUT2D eigenvalue weighted by Gasteiger charge is 2.12. The van der Waals surface area contributed by atoms with Crippen LogP contribution >= 0.6 is 15.9 Å². The second kappa shape index (κ2) is 5.27. The summed E-state index contributed by atoms with van der Waals surface area (Å²) in [6, 6.07) is 7.71. The Balaban J connectivity index is 2.28. The van der Waals surface area contributed by atoms with E-state index in [1.165, 1.54) is 18.2 Å². The Morgan fingerprint density at radius 2 is 2.11 bits per heavy atom. The molecule has 0 spiro atoms. The van der Waals surface area contributed by atoms with Crippen LogP contribution in [0.1, 0.15) is 16.1 Å². The SMILES string of the molecule is Cc1nc(Br)ccc1NC(=O)c1cc(O)ccc1N. The average molecular weight is 322 g/mol. The number of benzene rings is 1. The molecule has 2 rings (SSSR count). The summed E-state index contributed by atoms with van der Waals surface area (Å²) in [6.45, 7) is 1.78. The quantitative estimate of drug-likeness (QED) is 0.451. The van der Waals surface area contributed by atoms with Gasteiger partial charge in [0.15, 0.2) is 0 Å². The van der Waals surface area contributed by atoms with Crippen LogP contribution in [0.15, 0.2) is 34.9 Å². The molecule has 0 fully saturated rings. The molecule has 0 atom stereocenters. The highest BCUT2D eigenvalue weighted by Crippen LogP contribution is 2.21. The normalized spacial score (nSPS) is 10.2. The van der Waals surface area contributed by atoms with Gasteiger partial charge in [-0.25, -0.2) is 4.98 Å². The molecule has 4 N–H and O–H groups in total. The van der Waals surface area contributed by atoms with Crippen molar-refractivity contribution >= 4 is 33.2 Å². The second-order valence-electron chi connectivity index (χ2n) is 3.99. The third kappa shape index (κ3) is 3.03. The van der Waals surface area contributed by atoms with Crippen LogP contribution in [0.25, 0.3) is 0 Å². The average Bonchev–Trinajstić information content (AvgIpc) is 2.35. The highest BCUT2D eigenvalue weighted by atomic mass is 79.9. The predicted octanol–water partition coefficient (Wildman–Crippen LogP) is 2.69. The van der Waals surface area contributed by atoms with Gasteiger partial charge in [0, 0.05) is 5.69 Å². The summed E-state index contributed by atoms with van der Waals surface area (Å²) in [5.74, 6) is -0.398. The lowest BCUT2D eigenvalue weighted by Gasteiger charge is -2.10. The fraction of sp³-hybridized carbons (Fsp3) is 0.0769. The molecule has 0 aliphatic heterocycles. The summed E-state index contributed by atoms with van der Waals surface area (Å²) in [5, 5.41) is 12.1. The standard InChI is InChI=1S/C13H12BrN3O2/c1-7-11(4-5-12(14)16-7)17-13(19)9-6-8(18)2-3-10(9)15/h2-6,18H,15H2,1H3,(H,17,19). The minimum Gasteiger partial charge on any atom is -0.508 e. The lowest BCUT2D eigenvalue weighted by Crippen LogP contribution is -2.15. The molecule has 1 heterocycles. The molecule has 19 heavy (non-hydrogen) atoms. The Kier molecular flexibility index (Phi) is 3.71. The summed E-state index contributed by atoms with van der Waals surface area (Å²) in [4.78, 5) is 16.3. The van der Waals surface area contributed by atoms with E-state index in [2.05, 4.69) is 26.2 Å². The van der Waals surface area contributed by atoms with Gasteiger partial charge >= 0.3 is 0 Å². The van der Waals surface area contributed by atoms with Crippen LogP contribution in [0.4, 0.5) is 11.4 Å². The number of aryl methyl sites for hydroxylation is 1. The number of carbonyl (C=O) groups excluding carboxylic acids is 1. The molecular weight excluding hydrogens is 310 g/mol. The lowest BCUT2D eigenvalue weighted by molar-refractivity contribution is 0.102. The van der Waals surface area contributed by atoms with Crippen LogP contribution in [0.5, 0.6) is 5.75 Å². The van der Waals surface area contributed by atoms with Gasteiger partial charge in [-0.2, -0.15) is 0 Å². The number of aromatic hydroxyl groups is 1. The summed E-state index contributed by atoms with van der Waals surface area (Å²) >= 11 is 3.25. The van der Waals surface area contributed by atoms with Gasteiger partial charge in [-0.1, -0.05) is 0 Å². The highest BCUT2D eigenvalue weighted by molar-refractivity contribution is 9.10. The van der Waals surface area contributed by atoms with E-state index < -0.39 is 0 Å². The van der Waals surface area contributed by atoms with Gasteiger partial charge in [0.25, 0.3) is 5.91 Å². The van der Waals surface area contributed by atoms with Gasteiger partial charge in [-0.15, -0.1) is 0 Å². The molecule has 1 aromatic heterocycles. The Morgan fingerprint density at radius 1 is 1.37 bits per heavy atom. The van der Waals surface area contributed by atoms with Gasteiger partial charge in [0.05, 0.1) is 16.9 Å². The molecule has 0 saturated heterocycles. The van der Waals surface area contributed by atoms with Gasteiger partial charge in [-0.05, 0) is 53.2 Å². The Labute approximate surface area is 118 Å². The summed E-state index contributed by atoms with van der Waals surface area (Å²) in [6.07, 6.45) is 0. The topological polar surface area (TPSA) is 88.2 Å². The zero-order valence-corrected chi connectivity index (χ0v) is 11.7. The molecule has 2 aromatic rings. The number of anilines is 2. The number of nitrogens with one attached hydrogen (secondary N) is 1. The number of amides is 1. The number of hydrogen-bond donors (Lipinski definition) is 3. The van der Waals surface area contributed by atoms with Crippen LogP contribution in [-0.2, 0) is 0 Å². The van der Waals surface area contributed by atoms with E-state index in [1.54, 1.807) is 19.1 Å². The molecule has 0 radical (unpaired) electrons. The van der Waals surface area contributed by atoms with E-state index in [0.717, 1.165) is 0 Å². The number of phenolic OH excluding ortho intramolecular Hbond substituents is 1. The largest absolute Gasteiger partial charge is 0.508 e. The van der Waals surface area contributed by atoms with Crippen molar-refractivity contribution in [2.24, 2.45) is 0 Å². The number of aromatic nitrogens is 1. The number of hydrogen-bond acceptors (Lipinski definition) is 4. The number of rotatable bonds is 2. The lowest BCUT2D eigenvalue weighted by atomic mass is 10.1. The Hall–Kier alpha value is -2.08. The molecular formula is C13H12BrN3O2. The molecule has 6 heteroatoms. The summed E-state index contributed by atoms with van der Waals surface area (Å²) in [7, 11) is 0. The number of nitrogens with zero attached hydrogens (tertiary/aromatic N) is 1. The fourth-order valence-electron chi connectivity index (χ4n) is 1.59. The number of carbonyl (C=O) groups is 1. The van der Waals surface area contributed by atoms with E-state index >= 15 is 0 Å². The minimum absolute atomic E-state index is 0.00926. The maximum absolute atomic E-state index is 12.1. The van der Waals surface area contributed by atoms with Gasteiger partial charge in [0.2, 0.25) is 0 Å².